The highest BCUT2D eigenvalue weighted by Gasteiger charge is 2.15. The fraction of sp³-hybridized carbons (Fsp3) is 0.778. The Morgan fingerprint density at radius 1 is 1.53 bits per heavy atom. The van der Waals surface area contributed by atoms with E-state index in [1.807, 2.05) is 18.8 Å². The third-order valence-electron chi connectivity index (χ3n) is 2.41. The quantitative estimate of drug-likeness (QED) is 0.879. The normalized spacial score (nSPS) is 17.9. The van der Waals surface area contributed by atoms with Gasteiger partial charge in [0.15, 0.2) is 0 Å². The molecule has 0 spiro atoms. The number of rotatable bonds is 4. The second-order valence-corrected chi connectivity index (χ2v) is 5.46. The van der Waals surface area contributed by atoms with Crippen LogP contribution in [0.15, 0.2) is 0 Å². The van der Waals surface area contributed by atoms with Crippen molar-refractivity contribution in [1.82, 2.24) is 9.59 Å². The molecule has 1 aliphatic heterocycles. The molecule has 0 radical (unpaired) electrons. The van der Waals surface area contributed by atoms with Crippen molar-refractivity contribution in [2.24, 2.45) is 0 Å². The zero-order chi connectivity index (χ0) is 10.5. The minimum absolute atomic E-state index is 0.727. The van der Waals surface area contributed by atoms with E-state index in [1.54, 1.807) is 0 Å². The molecule has 1 fully saturated rings. The Bertz CT molecular complexity index is 299. The van der Waals surface area contributed by atoms with Crippen LogP contribution in [0.1, 0.15) is 18.5 Å². The van der Waals surface area contributed by atoms with Gasteiger partial charge < -0.3 is 10.1 Å². The fourth-order valence-electron chi connectivity index (χ4n) is 1.53. The highest BCUT2D eigenvalue weighted by atomic mass is 32.2. The average molecular weight is 245 g/mol. The maximum Gasteiger partial charge on any atom is 0.133 e. The first-order valence-electron chi connectivity index (χ1n) is 5.08. The molecule has 2 heterocycles. The van der Waals surface area contributed by atoms with E-state index in [2.05, 4.69) is 14.9 Å². The number of thioether (sulfide) groups is 1. The second kappa shape index (κ2) is 5.67. The van der Waals surface area contributed by atoms with Crippen molar-refractivity contribution in [2.75, 3.05) is 25.6 Å². The molecule has 1 saturated heterocycles. The van der Waals surface area contributed by atoms with Crippen LogP contribution in [0.4, 0.5) is 5.00 Å². The monoisotopic (exact) mass is 245 g/mol. The summed E-state index contributed by atoms with van der Waals surface area (Å²) in [6, 6.07) is 0. The summed E-state index contributed by atoms with van der Waals surface area (Å²) in [4.78, 5) is 0. The Hall–Kier alpha value is -0.330. The summed E-state index contributed by atoms with van der Waals surface area (Å²) in [5.41, 5.74) is 1.08. The number of hydrogen-bond acceptors (Lipinski definition) is 6. The fourth-order valence-corrected chi connectivity index (χ4v) is 3.28. The zero-order valence-corrected chi connectivity index (χ0v) is 10.4. The van der Waals surface area contributed by atoms with Crippen molar-refractivity contribution in [2.45, 2.75) is 23.8 Å². The summed E-state index contributed by atoms with van der Waals surface area (Å²) in [5.74, 6) is 0.956. The maximum atomic E-state index is 5.33. The molecule has 1 aromatic rings. The molecule has 1 N–H and O–H groups in total. The molecule has 0 aliphatic carbocycles. The van der Waals surface area contributed by atoms with E-state index in [1.165, 1.54) is 11.5 Å². The first kappa shape index (κ1) is 11.2. The van der Waals surface area contributed by atoms with Gasteiger partial charge in [-0.25, -0.2) is 0 Å². The van der Waals surface area contributed by atoms with Crippen LogP contribution in [0.3, 0.4) is 0 Å². The van der Waals surface area contributed by atoms with Gasteiger partial charge in [-0.2, -0.15) is 11.8 Å². The number of anilines is 1. The van der Waals surface area contributed by atoms with Crippen LogP contribution in [0, 0.1) is 0 Å². The number of nitrogens with zero attached hydrogens (tertiary/aromatic N) is 2. The maximum absolute atomic E-state index is 5.33. The minimum Gasteiger partial charge on any atom is -0.381 e. The summed E-state index contributed by atoms with van der Waals surface area (Å²) in [5, 5.41) is 9.06. The van der Waals surface area contributed by atoms with Gasteiger partial charge in [-0.05, 0) is 12.8 Å². The molecule has 0 atom stereocenters. The lowest BCUT2D eigenvalue weighted by atomic mass is 10.2. The second-order valence-electron chi connectivity index (χ2n) is 3.42. The number of hydrogen-bond donors (Lipinski definition) is 1. The Morgan fingerprint density at radius 2 is 2.33 bits per heavy atom. The standard InChI is InChI=1S/C9H15N3OS2/c1-10-9-8(11-12-15-9)6-14-7-2-4-13-5-3-7/h7,10H,2-6H2,1H3. The van der Waals surface area contributed by atoms with Crippen molar-refractivity contribution in [3.63, 3.8) is 0 Å². The van der Waals surface area contributed by atoms with Gasteiger partial charge in [-0.15, -0.1) is 5.10 Å². The van der Waals surface area contributed by atoms with Gasteiger partial charge in [-0.1, -0.05) is 4.49 Å². The van der Waals surface area contributed by atoms with Crippen LogP contribution < -0.4 is 5.32 Å². The third kappa shape index (κ3) is 3.06. The summed E-state index contributed by atoms with van der Waals surface area (Å²) in [6.45, 7) is 1.82. The smallest absolute Gasteiger partial charge is 0.133 e. The molecular formula is C9H15N3OS2. The summed E-state index contributed by atoms with van der Waals surface area (Å²) in [6.07, 6.45) is 2.33. The summed E-state index contributed by atoms with van der Waals surface area (Å²) in [7, 11) is 1.91. The third-order valence-corrected chi connectivity index (χ3v) is 4.58. The summed E-state index contributed by atoms with van der Waals surface area (Å²) < 4.78 is 9.28. The molecule has 2 rings (SSSR count). The molecule has 0 bridgehead atoms. The van der Waals surface area contributed by atoms with Gasteiger partial charge in [-0.3, -0.25) is 0 Å². The van der Waals surface area contributed by atoms with Gasteiger partial charge in [0, 0.05) is 42.8 Å². The highest BCUT2D eigenvalue weighted by molar-refractivity contribution is 7.99. The topological polar surface area (TPSA) is 47.0 Å². The van der Waals surface area contributed by atoms with E-state index < -0.39 is 0 Å². The molecule has 6 heteroatoms. The van der Waals surface area contributed by atoms with Gasteiger partial charge in [0.2, 0.25) is 0 Å². The van der Waals surface area contributed by atoms with Crippen molar-refractivity contribution in [3.05, 3.63) is 5.69 Å². The highest BCUT2D eigenvalue weighted by Crippen LogP contribution is 2.28. The van der Waals surface area contributed by atoms with Crippen LogP contribution in [-0.4, -0.2) is 35.1 Å². The van der Waals surface area contributed by atoms with Gasteiger partial charge in [0.05, 0.1) is 0 Å². The number of ether oxygens (including phenoxy) is 1. The van der Waals surface area contributed by atoms with Crippen LogP contribution in [-0.2, 0) is 10.5 Å². The molecule has 0 aromatic carbocycles. The van der Waals surface area contributed by atoms with E-state index in [-0.39, 0.29) is 0 Å². The van der Waals surface area contributed by atoms with E-state index in [0.717, 1.165) is 47.8 Å². The van der Waals surface area contributed by atoms with Crippen molar-refractivity contribution in [3.8, 4) is 0 Å². The average Bonchev–Trinajstić information content (AvgIpc) is 2.75. The van der Waals surface area contributed by atoms with Gasteiger partial charge >= 0.3 is 0 Å². The predicted octanol–water partition coefficient (Wildman–Crippen LogP) is 1.99. The Labute approximate surface area is 98.0 Å². The number of aromatic nitrogens is 2. The van der Waals surface area contributed by atoms with E-state index >= 15 is 0 Å². The zero-order valence-electron chi connectivity index (χ0n) is 8.73. The molecule has 0 unspecified atom stereocenters. The minimum atomic E-state index is 0.727. The first-order chi connectivity index (χ1) is 7.40. The van der Waals surface area contributed by atoms with Crippen LogP contribution in [0.5, 0.6) is 0 Å². The Kier molecular flexibility index (Phi) is 4.22. The molecule has 0 amide bonds. The lowest BCUT2D eigenvalue weighted by Gasteiger charge is -2.20. The van der Waals surface area contributed by atoms with E-state index in [9.17, 15) is 0 Å². The largest absolute Gasteiger partial charge is 0.381 e. The van der Waals surface area contributed by atoms with Crippen LogP contribution in [0.2, 0.25) is 0 Å². The van der Waals surface area contributed by atoms with Crippen LogP contribution in [0.25, 0.3) is 0 Å². The van der Waals surface area contributed by atoms with Crippen molar-refractivity contribution < 1.29 is 4.74 Å². The van der Waals surface area contributed by atoms with Crippen LogP contribution >= 0.6 is 23.3 Å². The molecule has 0 saturated carbocycles. The summed E-state index contributed by atoms with van der Waals surface area (Å²) >= 11 is 3.39. The van der Waals surface area contributed by atoms with Crippen molar-refractivity contribution in [1.29, 1.82) is 0 Å². The van der Waals surface area contributed by atoms with E-state index in [4.69, 9.17) is 4.74 Å². The first-order valence-corrected chi connectivity index (χ1v) is 6.90. The molecule has 1 aromatic heterocycles. The predicted molar refractivity (Wildman–Crippen MR) is 64.6 cm³/mol. The molecule has 1 aliphatic rings. The van der Waals surface area contributed by atoms with Crippen molar-refractivity contribution >= 4 is 28.3 Å². The molecule has 15 heavy (non-hydrogen) atoms. The Morgan fingerprint density at radius 3 is 3.07 bits per heavy atom. The molecule has 4 nitrogen and oxygen atoms in total. The van der Waals surface area contributed by atoms with Gasteiger partial charge in [0.25, 0.3) is 0 Å². The number of nitrogens with one attached hydrogen (secondary N) is 1. The molecular weight excluding hydrogens is 230 g/mol. The van der Waals surface area contributed by atoms with E-state index in [0.29, 0.717) is 0 Å². The Balaban J connectivity index is 1.81. The SMILES string of the molecule is CNc1snnc1CSC1CCOCC1. The lowest BCUT2D eigenvalue weighted by Crippen LogP contribution is -2.17. The molecule has 84 valence electrons. The lowest BCUT2D eigenvalue weighted by molar-refractivity contribution is 0.1000. The van der Waals surface area contributed by atoms with Gasteiger partial charge in [0.1, 0.15) is 10.7 Å².